The van der Waals surface area contributed by atoms with Gasteiger partial charge in [-0.25, -0.2) is 4.57 Å². The molecular formula is C7H12BO7P. The molecule has 2 N–H and O–H groups in total. The monoisotopic (exact) mass is 250 g/mol. The van der Waals surface area contributed by atoms with Crippen molar-refractivity contribution < 1.29 is 33.1 Å². The predicted molar refractivity (Wildman–Crippen MR) is 52.6 cm³/mol. The molecule has 1 fully saturated rings. The highest BCUT2D eigenvalue weighted by atomic mass is 31.2. The molecule has 0 aromatic heterocycles. The molecule has 3 atom stereocenters. The highest BCUT2D eigenvalue weighted by Gasteiger charge is 2.36. The van der Waals surface area contributed by atoms with E-state index in [0.29, 0.717) is 0 Å². The second kappa shape index (κ2) is 5.29. The van der Waals surface area contributed by atoms with Crippen LogP contribution in [-0.2, 0) is 23.4 Å². The number of esters is 1. The minimum atomic E-state index is -4.56. The van der Waals surface area contributed by atoms with E-state index in [4.69, 9.17) is 27.1 Å². The van der Waals surface area contributed by atoms with Crippen molar-refractivity contribution in [1.82, 2.24) is 0 Å². The summed E-state index contributed by atoms with van der Waals surface area (Å²) in [6.07, 6.45) is -1.13. The van der Waals surface area contributed by atoms with Crippen molar-refractivity contribution in [2.75, 3.05) is 6.61 Å². The number of phosphoric ester groups is 1. The van der Waals surface area contributed by atoms with Gasteiger partial charge in [0.25, 0.3) is 0 Å². The first-order valence-electron chi connectivity index (χ1n) is 4.56. The Morgan fingerprint density at radius 1 is 1.62 bits per heavy atom. The van der Waals surface area contributed by atoms with Crippen molar-refractivity contribution in [3.05, 3.63) is 0 Å². The second-order valence-electron chi connectivity index (χ2n) is 3.38. The Hall–Kier alpha value is -0.395. The fourth-order valence-electron chi connectivity index (χ4n) is 1.40. The molecule has 0 aromatic rings. The topological polar surface area (TPSA) is 102 Å². The van der Waals surface area contributed by atoms with Crippen molar-refractivity contribution in [3.8, 4) is 0 Å². The molecule has 1 aliphatic heterocycles. The molecule has 1 heterocycles. The summed E-state index contributed by atoms with van der Waals surface area (Å²) in [4.78, 5) is 27.8. The smallest absolute Gasteiger partial charge is 0.460 e. The van der Waals surface area contributed by atoms with Crippen LogP contribution in [0.2, 0.25) is 0 Å². The van der Waals surface area contributed by atoms with Crippen LogP contribution in [0.15, 0.2) is 0 Å². The normalized spacial score (nSPS) is 30.3. The van der Waals surface area contributed by atoms with Crippen LogP contribution in [0.3, 0.4) is 0 Å². The summed E-state index contributed by atoms with van der Waals surface area (Å²) in [6.45, 7) is 0.848. The van der Waals surface area contributed by atoms with Crippen molar-refractivity contribution in [1.29, 1.82) is 0 Å². The van der Waals surface area contributed by atoms with Gasteiger partial charge in [0.05, 0.1) is 6.61 Å². The number of hydrogen-bond acceptors (Lipinski definition) is 5. The number of phosphoric acid groups is 1. The fourth-order valence-corrected chi connectivity index (χ4v) is 1.74. The fraction of sp³-hybridized carbons (Fsp3) is 0.857. The van der Waals surface area contributed by atoms with Gasteiger partial charge < -0.3 is 19.3 Å². The molecule has 9 heteroatoms. The van der Waals surface area contributed by atoms with Gasteiger partial charge in [-0.2, -0.15) is 0 Å². The molecule has 0 amide bonds. The van der Waals surface area contributed by atoms with E-state index >= 15 is 0 Å². The molecule has 16 heavy (non-hydrogen) atoms. The third kappa shape index (κ3) is 4.63. The van der Waals surface area contributed by atoms with Crippen LogP contribution >= 0.6 is 7.82 Å². The van der Waals surface area contributed by atoms with Crippen LogP contribution in [0.4, 0.5) is 0 Å². The summed E-state index contributed by atoms with van der Waals surface area (Å²) in [6, 6.07) is -0.630. The van der Waals surface area contributed by atoms with Crippen molar-refractivity contribution in [3.63, 3.8) is 0 Å². The van der Waals surface area contributed by atoms with Gasteiger partial charge in [-0.15, -0.1) is 0 Å². The van der Waals surface area contributed by atoms with Crippen molar-refractivity contribution >= 4 is 21.6 Å². The van der Waals surface area contributed by atoms with E-state index in [1.165, 1.54) is 6.92 Å². The molecular weight excluding hydrogens is 238 g/mol. The molecule has 0 saturated carbocycles. The van der Waals surface area contributed by atoms with Crippen LogP contribution in [0.5, 0.6) is 0 Å². The molecule has 0 aliphatic carbocycles. The average Bonchev–Trinajstić information content (AvgIpc) is 2.40. The lowest BCUT2D eigenvalue weighted by molar-refractivity contribution is -0.149. The van der Waals surface area contributed by atoms with Gasteiger partial charge in [-0.1, -0.05) is 0 Å². The molecule has 7 nitrogen and oxygen atoms in total. The lowest BCUT2D eigenvalue weighted by Gasteiger charge is -2.18. The van der Waals surface area contributed by atoms with E-state index in [9.17, 15) is 9.36 Å². The first kappa shape index (κ1) is 13.7. The maximum Gasteiger partial charge on any atom is 0.469 e. The SMILES string of the molecule is [B][C@H]1CC(OC(C)=O)[C@@H](COP(=O)(O)O)O1. The Labute approximate surface area is 93.7 Å². The van der Waals surface area contributed by atoms with Gasteiger partial charge in [0.15, 0.2) is 0 Å². The van der Waals surface area contributed by atoms with E-state index in [0.717, 1.165) is 0 Å². The standard InChI is InChI=1S/C7H12BO7P/c1-4(9)14-5-2-7(8)15-6(5)3-13-16(10,11)12/h5-7H,2-3H2,1H3,(H2,10,11,12)/t5?,6-,7-/m1/s1. The summed E-state index contributed by atoms with van der Waals surface area (Å²) in [5.41, 5.74) is 0. The highest BCUT2D eigenvalue weighted by Crippen LogP contribution is 2.37. The predicted octanol–water partition coefficient (Wildman–Crippen LogP) is -0.689. The zero-order chi connectivity index (χ0) is 12.3. The van der Waals surface area contributed by atoms with E-state index < -0.39 is 32.0 Å². The molecule has 1 unspecified atom stereocenters. The molecule has 0 bridgehead atoms. The van der Waals surface area contributed by atoms with E-state index in [1.807, 2.05) is 0 Å². The van der Waals surface area contributed by atoms with Crippen LogP contribution in [-0.4, -0.2) is 48.4 Å². The number of carbonyl (C=O) groups excluding carboxylic acids is 1. The number of ether oxygens (including phenoxy) is 2. The van der Waals surface area contributed by atoms with E-state index in [2.05, 4.69) is 4.52 Å². The van der Waals surface area contributed by atoms with Crippen molar-refractivity contribution in [2.24, 2.45) is 0 Å². The second-order valence-corrected chi connectivity index (χ2v) is 4.62. The molecule has 0 aromatic carbocycles. The first-order chi connectivity index (χ1) is 7.28. The van der Waals surface area contributed by atoms with Gasteiger partial charge in [-0.05, 0) is 0 Å². The summed E-state index contributed by atoms with van der Waals surface area (Å²) in [7, 11) is 0.908. The van der Waals surface area contributed by atoms with Crippen LogP contribution in [0.25, 0.3) is 0 Å². The van der Waals surface area contributed by atoms with Crippen LogP contribution in [0, 0.1) is 0 Å². The number of carbonyl (C=O) groups is 1. The molecule has 1 aliphatic rings. The molecule has 90 valence electrons. The minimum absolute atomic E-state index is 0.273. The Morgan fingerprint density at radius 3 is 2.75 bits per heavy atom. The van der Waals surface area contributed by atoms with Crippen LogP contribution in [0.1, 0.15) is 13.3 Å². The Kier molecular flexibility index (Phi) is 4.52. The molecule has 1 saturated heterocycles. The lowest BCUT2D eigenvalue weighted by atomic mass is 9.96. The van der Waals surface area contributed by atoms with Gasteiger partial charge in [-0.3, -0.25) is 9.32 Å². The van der Waals surface area contributed by atoms with Gasteiger partial charge in [0, 0.05) is 19.3 Å². The Balaban J connectivity index is 2.49. The number of rotatable bonds is 4. The highest BCUT2D eigenvalue weighted by molar-refractivity contribution is 7.46. The summed E-state index contributed by atoms with van der Waals surface area (Å²) < 4.78 is 24.7. The molecule has 2 radical (unpaired) electrons. The average molecular weight is 250 g/mol. The zero-order valence-corrected chi connectivity index (χ0v) is 9.50. The summed E-state index contributed by atoms with van der Waals surface area (Å²) in [5, 5.41) is 0. The van der Waals surface area contributed by atoms with Gasteiger partial charge in [0.2, 0.25) is 0 Å². The van der Waals surface area contributed by atoms with Crippen molar-refractivity contribution in [2.45, 2.75) is 31.6 Å². The van der Waals surface area contributed by atoms with Gasteiger partial charge in [0.1, 0.15) is 20.1 Å². The Bertz CT molecular complexity index is 303. The number of hydrogen-bond donors (Lipinski definition) is 2. The zero-order valence-electron chi connectivity index (χ0n) is 8.61. The summed E-state index contributed by atoms with van der Waals surface area (Å²) >= 11 is 0. The molecule has 1 rings (SSSR count). The maximum atomic E-state index is 10.7. The largest absolute Gasteiger partial charge is 0.469 e. The lowest BCUT2D eigenvalue weighted by Crippen LogP contribution is -2.30. The third-order valence-corrected chi connectivity index (χ3v) is 2.44. The summed E-state index contributed by atoms with van der Waals surface area (Å²) in [5.74, 6) is -0.510. The van der Waals surface area contributed by atoms with E-state index in [-0.39, 0.29) is 13.0 Å². The maximum absolute atomic E-state index is 10.7. The van der Waals surface area contributed by atoms with Gasteiger partial charge >= 0.3 is 13.8 Å². The molecule has 0 spiro atoms. The van der Waals surface area contributed by atoms with Crippen LogP contribution < -0.4 is 0 Å². The quantitative estimate of drug-likeness (QED) is 0.386. The Morgan fingerprint density at radius 2 is 2.25 bits per heavy atom. The minimum Gasteiger partial charge on any atom is -0.460 e. The first-order valence-corrected chi connectivity index (χ1v) is 6.09. The van der Waals surface area contributed by atoms with E-state index in [1.54, 1.807) is 0 Å². The third-order valence-electron chi connectivity index (χ3n) is 1.95.